The average molecular weight is 211 g/mol. The smallest absolute Gasteiger partial charge is 0.177 e. The molecule has 3 nitrogen and oxygen atoms in total. The zero-order valence-corrected chi connectivity index (χ0v) is 9.60. The van der Waals surface area contributed by atoms with Crippen LogP contribution in [0.5, 0.6) is 0 Å². The normalized spacial score (nSPS) is 20.1. The van der Waals surface area contributed by atoms with E-state index < -0.39 is 0 Å². The molecule has 0 spiro atoms. The number of imidazole rings is 1. The summed E-state index contributed by atoms with van der Waals surface area (Å²) in [6.07, 6.45) is 4.56. The zero-order valence-electron chi connectivity index (χ0n) is 8.79. The molecule has 0 aliphatic carbocycles. The number of piperidine rings is 1. The van der Waals surface area contributed by atoms with Crippen LogP contribution in [0.2, 0.25) is 0 Å². The minimum atomic E-state index is 0.601. The lowest BCUT2D eigenvalue weighted by Crippen LogP contribution is -2.31. The van der Waals surface area contributed by atoms with E-state index in [9.17, 15) is 0 Å². The predicted octanol–water partition coefficient (Wildman–Crippen LogP) is 2.12. The molecule has 2 rings (SSSR count). The number of nitrogens with zero attached hydrogens (tertiary/aromatic N) is 2. The number of rotatable bonds is 1. The van der Waals surface area contributed by atoms with Crippen LogP contribution in [-0.2, 0) is 0 Å². The molecule has 1 fully saturated rings. The fraction of sp³-hybridized carbons (Fsp3) is 0.700. The maximum atomic E-state index is 5.28. The Balaban J connectivity index is 2.16. The number of nitrogens with one attached hydrogen (secondary N) is 1. The van der Waals surface area contributed by atoms with E-state index in [0.717, 1.165) is 10.5 Å². The average Bonchev–Trinajstić information content (AvgIpc) is 2.47. The van der Waals surface area contributed by atoms with E-state index in [1.807, 2.05) is 0 Å². The van der Waals surface area contributed by atoms with Gasteiger partial charge in [0, 0.05) is 17.9 Å². The summed E-state index contributed by atoms with van der Waals surface area (Å²) in [5.74, 6) is 0. The second-order valence-corrected chi connectivity index (χ2v) is 4.57. The molecule has 1 aliphatic heterocycles. The van der Waals surface area contributed by atoms with Gasteiger partial charge in [-0.2, -0.15) is 0 Å². The predicted molar refractivity (Wildman–Crippen MR) is 60.1 cm³/mol. The van der Waals surface area contributed by atoms with Crippen LogP contribution in [0.3, 0.4) is 0 Å². The van der Waals surface area contributed by atoms with E-state index in [1.165, 1.54) is 25.9 Å². The highest BCUT2D eigenvalue weighted by molar-refractivity contribution is 7.71. The Bertz CT molecular complexity index is 358. The molecule has 0 radical (unpaired) electrons. The molecule has 1 N–H and O–H groups in total. The molecule has 0 unspecified atom stereocenters. The molecule has 0 aromatic carbocycles. The van der Waals surface area contributed by atoms with Crippen molar-refractivity contribution < 1.29 is 0 Å². The zero-order chi connectivity index (χ0) is 10.1. The van der Waals surface area contributed by atoms with Gasteiger partial charge in [0.1, 0.15) is 0 Å². The molecular formula is C10H17N3S. The van der Waals surface area contributed by atoms with Gasteiger partial charge in [-0.25, -0.2) is 0 Å². The molecule has 1 aromatic rings. The second-order valence-electron chi connectivity index (χ2n) is 4.18. The standard InChI is InChI=1S/C10H17N3S/c1-8-7-13(10(14)11-8)9-3-5-12(2)6-4-9/h7,9H,3-6H2,1-2H3,(H,11,14). The highest BCUT2D eigenvalue weighted by Gasteiger charge is 2.18. The molecule has 0 atom stereocenters. The summed E-state index contributed by atoms with van der Waals surface area (Å²) >= 11 is 5.28. The van der Waals surface area contributed by atoms with Crippen LogP contribution in [0.4, 0.5) is 0 Å². The summed E-state index contributed by atoms with van der Waals surface area (Å²) in [6, 6.07) is 0.601. The van der Waals surface area contributed by atoms with Gasteiger partial charge in [-0.15, -0.1) is 0 Å². The molecule has 1 saturated heterocycles. The number of aryl methyl sites for hydroxylation is 1. The Kier molecular flexibility index (Phi) is 2.74. The molecule has 1 aromatic heterocycles. The third kappa shape index (κ3) is 1.91. The summed E-state index contributed by atoms with van der Waals surface area (Å²) in [4.78, 5) is 5.55. The largest absolute Gasteiger partial charge is 0.335 e. The van der Waals surface area contributed by atoms with Crippen molar-refractivity contribution in [3.8, 4) is 0 Å². The van der Waals surface area contributed by atoms with Crippen LogP contribution < -0.4 is 0 Å². The molecule has 0 amide bonds. The van der Waals surface area contributed by atoms with E-state index in [4.69, 9.17) is 12.2 Å². The minimum absolute atomic E-state index is 0.601. The van der Waals surface area contributed by atoms with Crippen molar-refractivity contribution in [1.82, 2.24) is 14.5 Å². The van der Waals surface area contributed by atoms with Gasteiger partial charge in [0.15, 0.2) is 4.77 Å². The lowest BCUT2D eigenvalue weighted by molar-refractivity contribution is 0.220. The molecule has 0 saturated carbocycles. The topological polar surface area (TPSA) is 24.0 Å². The quantitative estimate of drug-likeness (QED) is 0.719. The van der Waals surface area contributed by atoms with Crippen molar-refractivity contribution in [2.45, 2.75) is 25.8 Å². The van der Waals surface area contributed by atoms with Crippen molar-refractivity contribution in [3.63, 3.8) is 0 Å². The monoisotopic (exact) mass is 211 g/mol. The molecule has 0 bridgehead atoms. The first-order valence-corrected chi connectivity index (χ1v) is 5.54. The van der Waals surface area contributed by atoms with Gasteiger partial charge in [-0.05, 0) is 52.1 Å². The van der Waals surface area contributed by atoms with Crippen LogP contribution in [0.25, 0.3) is 0 Å². The highest BCUT2D eigenvalue weighted by atomic mass is 32.1. The summed E-state index contributed by atoms with van der Waals surface area (Å²) < 4.78 is 3.09. The third-order valence-electron chi connectivity index (χ3n) is 2.95. The third-order valence-corrected chi connectivity index (χ3v) is 3.27. The Hall–Kier alpha value is -0.610. The summed E-state index contributed by atoms with van der Waals surface area (Å²) in [5.41, 5.74) is 1.16. The summed E-state index contributed by atoms with van der Waals surface area (Å²) in [6.45, 7) is 4.41. The first kappa shape index (κ1) is 9.93. The summed E-state index contributed by atoms with van der Waals surface area (Å²) in [7, 11) is 2.18. The van der Waals surface area contributed by atoms with E-state index >= 15 is 0 Å². The molecular weight excluding hydrogens is 194 g/mol. The first-order chi connectivity index (χ1) is 6.66. The van der Waals surface area contributed by atoms with Crippen molar-refractivity contribution in [1.29, 1.82) is 0 Å². The van der Waals surface area contributed by atoms with Crippen LogP contribution in [-0.4, -0.2) is 34.6 Å². The van der Waals surface area contributed by atoms with E-state index in [0.29, 0.717) is 6.04 Å². The highest BCUT2D eigenvalue weighted by Crippen LogP contribution is 2.22. The minimum Gasteiger partial charge on any atom is -0.335 e. The number of H-pyrrole nitrogens is 1. The van der Waals surface area contributed by atoms with E-state index in [1.54, 1.807) is 0 Å². The van der Waals surface area contributed by atoms with Gasteiger partial charge in [0.25, 0.3) is 0 Å². The SMILES string of the molecule is Cc1cn(C2CCN(C)CC2)c(=S)[nH]1. The van der Waals surface area contributed by atoms with E-state index in [2.05, 4.69) is 34.6 Å². The van der Waals surface area contributed by atoms with Gasteiger partial charge in [0.2, 0.25) is 0 Å². The lowest BCUT2D eigenvalue weighted by atomic mass is 10.1. The summed E-state index contributed by atoms with van der Waals surface area (Å²) in [5, 5.41) is 0. The molecule has 4 heteroatoms. The van der Waals surface area contributed by atoms with Crippen LogP contribution >= 0.6 is 12.2 Å². The Morgan fingerprint density at radius 1 is 1.43 bits per heavy atom. The number of hydrogen-bond donors (Lipinski definition) is 1. The molecule has 1 aliphatic rings. The molecule has 2 heterocycles. The van der Waals surface area contributed by atoms with Crippen LogP contribution in [0, 0.1) is 11.7 Å². The fourth-order valence-corrected chi connectivity index (χ4v) is 2.44. The number of aromatic amines is 1. The fourth-order valence-electron chi connectivity index (χ4n) is 2.08. The maximum Gasteiger partial charge on any atom is 0.177 e. The van der Waals surface area contributed by atoms with Crippen molar-refractivity contribution >= 4 is 12.2 Å². The van der Waals surface area contributed by atoms with Gasteiger partial charge in [0.05, 0.1) is 0 Å². The van der Waals surface area contributed by atoms with Gasteiger partial charge in [-0.1, -0.05) is 0 Å². The number of hydrogen-bond acceptors (Lipinski definition) is 2. The Morgan fingerprint density at radius 2 is 2.07 bits per heavy atom. The Morgan fingerprint density at radius 3 is 2.57 bits per heavy atom. The van der Waals surface area contributed by atoms with Crippen molar-refractivity contribution in [2.24, 2.45) is 0 Å². The van der Waals surface area contributed by atoms with Gasteiger partial charge >= 0.3 is 0 Å². The van der Waals surface area contributed by atoms with Gasteiger partial charge in [-0.3, -0.25) is 0 Å². The number of likely N-dealkylation sites (tertiary alicyclic amines) is 1. The van der Waals surface area contributed by atoms with Crippen molar-refractivity contribution in [3.05, 3.63) is 16.7 Å². The lowest BCUT2D eigenvalue weighted by Gasteiger charge is -2.29. The van der Waals surface area contributed by atoms with Crippen molar-refractivity contribution in [2.75, 3.05) is 20.1 Å². The molecule has 14 heavy (non-hydrogen) atoms. The van der Waals surface area contributed by atoms with Gasteiger partial charge < -0.3 is 14.5 Å². The number of aromatic nitrogens is 2. The van der Waals surface area contributed by atoms with E-state index in [-0.39, 0.29) is 0 Å². The first-order valence-electron chi connectivity index (χ1n) is 5.13. The second kappa shape index (κ2) is 3.87. The molecule has 78 valence electrons. The maximum absolute atomic E-state index is 5.28. The van der Waals surface area contributed by atoms with Crippen LogP contribution in [0.1, 0.15) is 24.6 Å². The van der Waals surface area contributed by atoms with Crippen LogP contribution in [0.15, 0.2) is 6.20 Å². The Labute approximate surface area is 89.7 Å².